The van der Waals surface area contributed by atoms with Gasteiger partial charge in [0.05, 0.1) is 5.41 Å². The number of carboxylic acid groups (broad SMARTS) is 2. The van der Waals surface area contributed by atoms with Gasteiger partial charge in [0.25, 0.3) is 0 Å². The van der Waals surface area contributed by atoms with Gasteiger partial charge in [-0.1, -0.05) is 6.08 Å². The molecule has 0 spiro atoms. The molecule has 0 aliphatic heterocycles. The van der Waals surface area contributed by atoms with Crippen molar-refractivity contribution in [2.24, 2.45) is 11.1 Å². The zero-order valence-corrected chi connectivity index (χ0v) is 10.8. The van der Waals surface area contributed by atoms with Crippen LogP contribution in [-0.4, -0.2) is 42.4 Å². The van der Waals surface area contributed by atoms with E-state index in [1.807, 2.05) is 0 Å². The predicted octanol–water partition coefficient (Wildman–Crippen LogP) is -0.418. The molecule has 8 heteroatoms. The Morgan fingerprint density at radius 2 is 1.83 bits per heavy atom. The number of nitrogens with two attached hydrogens (primary N) is 1. The average Bonchev–Trinajstić information content (AvgIpc) is 2.14. The Kier molecular flexibility index (Phi) is 3.30. The lowest BCUT2D eigenvalue weighted by Crippen LogP contribution is -2.55. The van der Waals surface area contributed by atoms with Crippen LogP contribution in [0, 0.1) is 5.41 Å². The molecule has 0 saturated heterocycles. The highest BCUT2D eigenvalue weighted by Crippen LogP contribution is 2.40. The maximum atomic E-state index is 11.5. The molecule has 0 amide bonds. The molecule has 2 unspecified atom stereocenters. The minimum absolute atomic E-state index is 0.247. The third kappa shape index (κ3) is 2.54. The molecule has 0 aromatic rings. The van der Waals surface area contributed by atoms with Gasteiger partial charge in [0.1, 0.15) is 5.54 Å². The average molecular weight is 277 g/mol. The number of rotatable bonds is 3. The normalized spacial score (nSPS) is 32.7. The first kappa shape index (κ1) is 14.7. The van der Waals surface area contributed by atoms with Gasteiger partial charge in [-0.15, -0.1) is 0 Å². The Bertz CT molecular complexity index is 537. The van der Waals surface area contributed by atoms with E-state index in [1.165, 1.54) is 6.92 Å². The van der Waals surface area contributed by atoms with Gasteiger partial charge < -0.3 is 15.9 Å². The number of carboxylic acids is 2. The molecule has 0 aromatic carbocycles. The second-order valence-electron chi connectivity index (χ2n) is 4.92. The van der Waals surface area contributed by atoms with Gasteiger partial charge in [-0.3, -0.25) is 9.59 Å². The summed E-state index contributed by atoms with van der Waals surface area (Å²) in [5, 5.41) is 18.2. The summed E-state index contributed by atoms with van der Waals surface area (Å²) in [5.41, 5.74) is 2.14. The highest BCUT2D eigenvalue weighted by molar-refractivity contribution is 7.94. The molecule has 2 atom stereocenters. The standard InChI is InChI=1S/C10H15NO6S/c1-9(7(12)13)3-6(18(2,16)17)4-10(11,5-9)8(14)15/h3H,4-5,11H2,1-2H3,(H,12,13)(H,14,15). The van der Waals surface area contributed by atoms with Crippen molar-refractivity contribution in [3.63, 3.8) is 0 Å². The fourth-order valence-electron chi connectivity index (χ4n) is 2.01. The highest BCUT2D eigenvalue weighted by Gasteiger charge is 2.50. The largest absolute Gasteiger partial charge is 0.481 e. The lowest BCUT2D eigenvalue weighted by Gasteiger charge is -2.37. The summed E-state index contributed by atoms with van der Waals surface area (Å²) >= 11 is 0. The van der Waals surface area contributed by atoms with Crippen LogP contribution in [0.3, 0.4) is 0 Å². The Morgan fingerprint density at radius 1 is 1.33 bits per heavy atom. The van der Waals surface area contributed by atoms with Crippen LogP contribution in [0.15, 0.2) is 11.0 Å². The molecule has 0 aromatic heterocycles. The second kappa shape index (κ2) is 4.06. The molecule has 102 valence electrons. The monoisotopic (exact) mass is 277 g/mol. The van der Waals surface area contributed by atoms with Crippen molar-refractivity contribution in [1.29, 1.82) is 0 Å². The summed E-state index contributed by atoms with van der Waals surface area (Å²) in [5.74, 6) is -2.72. The summed E-state index contributed by atoms with van der Waals surface area (Å²) in [7, 11) is -3.68. The van der Waals surface area contributed by atoms with E-state index in [0.29, 0.717) is 0 Å². The van der Waals surface area contributed by atoms with E-state index < -0.39 is 39.2 Å². The lowest BCUT2D eigenvalue weighted by molar-refractivity contribution is -0.150. The number of carbonyl (C=O) groups is 2. The maximum absolute atomic E-state index is 11.5. The van der Waals surface area contributed by atoms with Crippen LogP contribution < -0.4 is 5.73 Å². The van der Waals surface area contributed by atoms with E-state index >= 15 is 0 Å². The number of hydrogen-bond donors (Lipinski definition) is 3. The SMILES string of the molecule is CC1(C(=O)O)C=C(S(C)(=O)=O)CC(N)(C(=O)O)C1. The minimum Gasteiger partial charge on any atom is -0.481 e. The lowest BCUT2D eigenvalue weighted by atomic mass is 9.71. The minimum atomic E-state index is -3.68. The summed E-state index contributed by atoms with van der Waals surface area (Å²) in [6, 6.07) is 0. The molecular weight excluding hydrogens is 262 g/mol. The molecular formula is C10H15NO6S. The van der Waals surface area contributed by atoms with Gasteiger partial charge >= 0.3 is 11.9 Å². The fraction of sp³-hybridized carbons (Fsp3) is 0.600. The van der Waals surface area contributed by atoms with Crippen molar-refractivity contribution in [1.82, 2.24) is 0 Å². The van der Waals surface area contributed by atoms with E-state index in [2.05, 4.69) is 0 Å². The van der Waals surface area contributed by atoms with Crippen LogP contribution in [0.5, 0.6) is 0 Å². The van der Waals surface area contributed by atoms with E-state index in [-0.39, 0.29) is 11.3 Å². The summed E-state index contributed by atoms with van der Waals surface area (Å²) in [4.78, 5) is 22.0. The van der Waals surface area contributed by atoms with Gasteiger partial charge in [-0.05, 0) is 13.3 Å². The first-order chi connectivity index (χ1) is 7.91. The number of sulfone groups is 1. The van der Waals surface area contributed by atoms with Crippen molar-refractivity contribution in [2.75, 3.05) is 6.26 Å². The van der Waals surface area contributed by atoms with Crippen molar-refractivity contribution < 1.29 is 28.2 Å². The third-order valence-electron chi connectivity index (χ3n) is 3.04. The van der Waals surface area contributed by atoms with Crippen LogP contribution in [0.2, 0.25) is 0 Å². The van der Waals surface area contributed by atoms with Crippen LogP contribution >= 0.6 is 0 Å². The smallest absolute Gasteiger partial charge is 0.324 e. The van der Waals surface area contributed by atoms with E-state index in [1.54, 1.807) is 0 Å². The van der Waals surface area contributed by atoms with Crippen LogP contribution in [-0.2, 0) is 19.4 Å². The maximum Gasteiger partial charge on any atom is 0.324 e. The predicted molar refractivity (Wildman–Crippen MR) is 62.5 cm³/mol. The molecule has 0 radical (unpaired) electrons. The molecule has 0 heterocycles. The van der Waals surface area contributed by atoms with Crippen LogP contribution in [0.4, 0.5) is 0 Å². The summed E-state index contributed by atoms with van der Waals surface area (Å²) in [6.07, 6.45) is 1.22. The molecule has 1 aliphatic carbocycles. The van der Waals surface area contributed by atoms with Crippen molar-refractivity contribution in [3.05, 3.63) is 11.0 Å². The Balaban J connectivity index is 3.43. The van der Waals surface area contributed by atoms with E-state index in [9.17, 15) is 18.0 Å². The summed E-state index contributed by atoms with van der Waals surface area (Å²) < 4.78 is 23.0. The van der Waals surface area contributed by atoms with Crippen molar-refractivity contribution in [2.45, 2.75) is 25.3 Å². The van der Waals surface area contributed by atoms with Crippen LogP contribution in [0.1, 0.15) is 19.8 Å². The van der Waals surface area contributed by atoms with Gasteiger partial charge in [0, 0.05) is 17.6 Å². The van der Waals surface area contributed by atoms with Crippen LogP contribution in [0.25, 0.3) is 0 Å². The van der Waals surface area contributed by atoms with Gasteiger partial charge in [0.2, 0.25) is 0 Å². The van der Waals surface area contributed by atoms with E-state index in [4.69, 9.17) is 15.9 Å². The Labute approximate surface area is 104 Å². The van der Waals surface area contributed by atoms with Crippen molar-refractivity contribution in [3.8, 4) is 0 Å². The van der Waals surface area contributed by atoms with E-state index in [0.717, 1.165) is 12.3 Å². The molecule has 0 fully saturated rings. The fourth-order valence-corrected chi connectivity index (χ4v) is 3.01. The zero-order chi connectivity index (χ0) is 14.4. The number of hydrogen-bond acceptors (Lipinski definition) is 5. The zero-order valence-electron chi connectivity index (χ0n) is 10.0. The molecule has 0 saturated carbocycles. The molecule has 7 nitrogen and oxygen atoms in total. The number of aliphatic carboxylic acids is 2. The summed E-state index contributed by atoms with van der Waals surface area (Å²) in [6.45, 7) is 1.25. The second-order valence-corrected chi connectivity index (χ2v) is 6.99. The first-order valence-electron chi connectivity index (χ1n) is 5.08. The quantitative estimate of drug-likeness (QED) is 0.637. The Morgan fingerprint density at radius 3 is 2.17 bits per heavy atom. The van der Waals surface area contributed by atoms with Crippen molar-refractivity contribution >= 4 is 21.8 Å². The molecule has 18 heavy (non-hydrogen) atoms. The molecule has 1 rings (SSSR count). The topological polar surface area (TPSA) is 135 Å². The third-order valence-corrected chi connectivity index (χ3v) is 4.26. The molecule has 1 aliphatic rings. The first-order valence-corrected chi connectivity index (χ1v) is 6.97. The Hall–Kier alpha value is -1.41. The van der Waals surface area contributed by atoms with Gasteiger partial charge in [-0.2, -0.15) is 0 Å². The van der Waals surface area contributed by atoms with Gasteiger partial charge in [0.15, 0.2) is 9.84 Å². The molecule has 4 N–H and O–H groups in total. The highest BCUT2D eigenvalue weighted by atomic mass is 32.2. The van der Waals surface area contributed by atoms with Gasteiger partial charge in [-0.25, -0.2) is 8.42 Å². The molecule has 0 bridgehead atoms.